The van der Waals surface area contributed by atoms with Crippen LogP contribution in [-0.2, 0) is 9.53 Å². The number of carbonyl (C=O) groups excluding carboxylic acids is 1. The average Bonchev–Trinajstić information content (AvgIpc) is 2.64. The van der Waals surface area contributed by atoms with Gasteiger partial charge in [-0.15, -0.1) is 0 Å². The van der Waals surface area contributed by atoms with E-state index < -0.39 is 0 Å². The summed E-state index contributed by atoms with van der Waals surface area (Å²) >= 11 is 3.54. The standard InChI is InChI=1S/C21H29BrN2O2/c1-4-18(21(25)26-5-2)20(19-12-16(22)9-6-14(19)3)24-17-10-7-15(13-23)8-11-17/h4,6,9,12,15,17,24H,1,5,7-8,10-11,13,23H2,2-3H3/b20-18-. The third-order valence-electron chi connectivity index (χ3n) is 4.97. The van der Waals surface area contributed by atoms with E-state index >= 15 is 0 Å². The first-order valence-electron chi connectivity index (χ1n) is 9.27. The number of hydrogen-bond acceptors (Lipinski definition) is 4. The molecule has 142 valence electrons. The van der Waals surface area contributed by atoms with Crippen LogP contribution in [0.1, 0.15) is 43.7 Å². The van der Waals surface area contributed by atoms with Crippen molar-refractivity contribution in [3.8, 4) is 0 Å². The van der Waals surface area contributed by atoms with E-state index in [4.69, 9.17) is 10.5 Å². The number of carbonyl (C=O) groups is 1. The Morgan fingerprint density at radius 2 is 2.08 bits per heavy atom. The summed E-state index contributed by atoms with van der Waals surface area (Å²) in [5.41, 5.74) is 9.17. The first-order valence-corrected chi connectivity index (χ1v) is 10.1. The maximum Gasteiger partial charge on any atom is 0.340 e. The molecule has 1 aliphatic carbocycles. The molecule has 5 heteroatoms. The maximum absolute atomic E-state index is 12.5. The molecule has 1 saturated carbocycles. The van der Waals surface area contributed by atoms with Gasteiger partial charge in [0, 0.05) is 16.1 Å². The van der Waals surface area contributed by atoms with Crippen LogP contribution in [0.2, 0.25) is 0 Å². The van der Waals surface area contributed by atoms with Crippen molar-refractivity contribution in [3.05, 3.63) is 52.0 Å². The molecule has 0 unspecified atom stereocenters. The molecule has 1 aromatic rings. The summed E-state index contributed by atoms with van der Waals surface area (Å²) in [4.78, 5) is 12.5. The Balaban J connectivity index is 2.40. The molecule has 4 nitrogen and oxygen atoms in total. The Bertz CT molecular complexity index is 677. The molecular weight excluding hydrogens is 392 g/mol. The van der Waals surface area contributed by atoms with Gasteiger partial charge in [0.05, 0.1) is 17.9 Å². The van der Waals surface area contributed by atoms with Crippen LogP contribution in [0.5, 0.6) is 0 Å². The molecule has 1 aromatic carbocycles. The number of nitrogens with two attached hydrogens (primary N) is 1. The highest BCUT2D eigenvalue weighted by Crippen LogP contribution is 2.29. The summed E-state index contributed by atoms with van der Waals surface area (Å²) in [6.07, 6.45) is 5.91. The van der Waals surface area contributed by atoms with Crippen molar-refractivity contribution < 1.29 is 9.53 Å². The first kappa shape index (κ1) is 20.7. The second kappa shape index (κ2) is 9.93. The van der Waals surface area contributed by atoms with Gasteiger partial charge in [0.2, 0.25) is 0 Å². The molecule has 3 N–H and O–H groups in total. The molecule has 0 saturated heterocycles. The number of aryl methyl sites for hydroxylation is 1. The minimum atomic E-state index is -0.347. The highest BCUT2D eigenvalue weighted by atomic mass is 79.9. The fraction of sp³-hybridized carbons (Fsp3) is 0.476. The number of hydrogen-bond donors (Lipinski definition) is 2. The Morgan fingerprint density at radius 3 is 2.65 bits per heavy atom. The van der Waals surface area contributed by atoms with Crippen molar-refractivity contribution in [1.82, 2.24) is 5.32 Å². The largest absolute Gasteiger partial charge is 0.462 e. The van der Waals surface area contributed by atoms with Gasteiger partial charge in [-0.3, -0.25) is 0 Å². The molecule has 1 fully saturated rings. The number of ether oxygens (including phenoxy) is 1. The van der Waals surface area contributed by atoms with Crippen molar-refractivity contribution in [1.29, 1.82) is 0 Å². The van der Waals surface area contributed by atoms with Gasteiger partial charge in [0.15, 0.2) is 0 Å². The van der Waals surface area contributed by atoms with Crippen LogP contribution in [0.15, 0.2) is 40.9 Å². The fourth-order valence-electron chi connectivity index (χ4n) is 3.41. The van der Waals surface area contributed by atoms with Crippen LogP contribution in [0.25, 0.3) is 5.70 Å². The third-order valence-corrected chi connectivity index (χ3v) is 5.46. The fourth-order valence-corrected chi connectivity index (χ4v) is 3.77. The van der Waals surface area contributed by atoms with Crippen molar-refractivity contribution in [2.45, 2.75) is 45.6 Å². The van der Waals surface area contributed by atoms with Crippen LogP contribution in [0.4, 0.5) is 0 Å². The normalized spacial score (nSPS) is 20.9. The molecule has 0 heterocycles. The van der Waals surface area contributed by atoms with E-state index in [-0.39, 0.29) is 5.97 Å². The molecule has 0 atom stereocenters. The number of nitrogens with one attached hydrogen (secondary N) is 1. The van der Waals surface area contributed by atoms with E-state index in [9.17, 15) is 4.79 Å². The molecule has 0 aliphatic heterocycles. The summed E-state index contributed by atoms with van der Waals surface area (Å²) in [5, 5.41) is 3.62. The molecule has 0 aromatic heterocycles. The maximum atomic E-state index is 12.5. The monoisotopic (exact) mass is 420 g/mol. The zero-order chi connectivity index (χ0) is 19.1. The Hall–Kier alpha value is -1.59. The van der Waals surface area contributed by atoms with Crippen LogP contribution >= 0.6 is 15.9 Å². The molecule has 26 heavy (non-hydrogen) atoms. The lowest BCUT2D eigenvalue weighted by Gasteiger charge is -2.31. The molecular formula is C21H29BrN2O2. The lowest BCUT2D eigenvalue weighted by Crippen LogP contribution is -2.35. The van der Waals surface area contributed by atoms with E-state index in [1.54, 1.807) is 6.08 Å². The number of rotatable bonds is 7. The zero-order valence-corrected chi connectivity index (χ0v) is 17.3. The molecule has 0 bridgehead atoms. The van der Waals surface area contributed by atoms with E-state index in [0.717, 1.165) is 53.5 Å². The minimum Gasteiger partial charge on any atom is -0.462 e. The minimum absolute atomic E-state index is 0.315. The van der Waals surface area contributed by atoms with Gasteiger partial charge in [0.1, 0.15) is 0 Å². The van der Waals surface area contributed by atoms with Crippen molar-refractivity contribution in [2.24, 2.45) is 11.7 Å². The van der Waals surface area contributed by atoms with Gasteiger partial charge < -0.3 is 15.8 Å². The first-order chi connectivity index (χ1) is 12.5. The van der Waals surface area contributed by atoms with Crippen molar-refractivity contribution in [2.75, 3.05) is 13.2 Å². The number of benzene rings is 1. The summed E-state index contributed by atoms with van der Waals surface area (Å²) in [5.74, 6) is 0.261. The van der Waals surface area contributed by atoms with Gasteiger partial charge in [0.25, 0.3) is 0 Å². The van der Waals surface area contributed by atoms with Crippen LogP contribution < -0.4 is 11.1 Å². The van der Waals surface area contributed by atoms with E-state index in [2.05, 4.69) is 27.8 Å². The molecule has 0 radical (unpaired) electrons. The lowest BCUT2D eigenvalue weighted by molar-refractivity contribution is -0.138. The van der Waals surface area contributed by atoms with Gasteiger partial charge in [-0.1, -0.05) is 34.7 Å². The molecule has 0 spiro atoms. The quantitative estimate of drug-likeness (QED) is 0.391. The second-order valence-corrected chi connectivity index (χ2v) is 7.69. The predicted molar refractivity (Wildman–Crippen MR) is 111 cm³/mol. The van der Waals surface area contributed by atoms with Gasteiger partial charge >= 0.3 is 5.97 Å². The summed E-state index contributed by atoms with van der Waals surface area (Å²) in [7, 11) is 0. The Labute approximate surface area is 165 Å². The summed E-state index contributed by atoms with van der Waals surface area (Å²) in [6.45, 7) is 8.79. The predicted octanol–water partition coefficient (Wildman–Crippen LogP) is 4.32. The topological polar surface area (TPSA) is 64.3 Å². The SMILES string of the molecule is C=C/C(C(=O)OCC)=C(/NC1CCC(CN)CC1)c1cc(Br)ccc1C. The Morgan fingerprint density at radius 1 is 1.38 bits per heavy atom. The van der Waals surface area contributed by atoms with Crippen molar-refractivity contribution in [3.63, 3.8) is 0 Å². The van der Waals surface area contributed by atoms with E-state index in [1.165, 1.54) is 0 Å². The van der Waals surface area contributed by atoms with Crippen LogP contribution in [0.3, 0.4) is 0 Å². The number of esters is 1. The number of halogens is 1. The molecule has 1 aliphatic rings. The van der Waals surface area contributed by atoms with Gasteiger partial charge in [-0.05, 0) is 69.7 Å². The van der Waals surface area contributed by atoms with E-state index in [1.807, 2.05) is 32.0 Å². The third kappa shape index (κ3) is 5.21. The average molecular weight is 421 g/mol. The Kier molecular flexibility index (Phi) is 7.91. The molecule has 0 amide bonds. The summed E-state index contributed by atoms with van der Waals surface area (Å²) in [6, 6.07) is 6.39. The smallest absolute Gasteiger partial charge is 0.340 e. The highest BCUT2D eigenvalue weighted by Gasteiger charge is 2.24. The van der Waals surface area contributed by atoms with Crippen LogP contribution in [0, 0.1) is 12.8 Å². The van der Waals surface area contributed by atoms with Gasteiger partial charge in [-0.2, -0.15) is 0 Å². The zero-order valence-electron chi connectivity index (χ0n) is 15.7. The van der Waals surface area contributed by atoms with Crippen LogP contribution in [-0.4, -0.2) is 25.2 Å². The summed E-state index contributed by atoms with van der Waals surface area (Å²) < 4.78 is 6.22. The van der Waals surface area contributed by atoms with Crippen molar-refractivity contribution >= 4 is 27.6 Å². The lowest BCUT2D eigenvalue weighted by atomic mass is 9.85. The second-order valence-electron chi connectivity index (χ2n) is 6.77. The highest BCUT2D eigenvalue weighted by molar-refractivity contribution is 9.10. The molecule has 2 rings (SSSR count). The van der Waals surface area contributed by atoms with Gasteiger partial charge in [-0.25, -0.2) is 4.79 Å². The van der Waals surface area contributed by atoms with E-state index in [0.29, 0.717) is 24.1 Å².